The number of nitrogens with one attached hydrogen (secondary N) is 1. The van der Waals surface area contributed by atoms with Crippen LogP contribution < -0.4 is 5.32 Å². The molecule has 106 valence electrons. The van der Waals surface area contributed by atoms with Crippen molar-refractivity contribution in [3.8, 4) is 0 Å². The summed E-state index contributed by atoms with van der Waals surface area (Å²) in [4.78, 5) is 10.5. The zero-order valence-electron chi connectivity index (χ0n) is 11.6. The van der Waals surface area contributed by atoms with E-state index in [1.54, 1.807) is 6.07 Å². The number of hydrogen-bond donors (Lipinski definition) is 1. The smallest absolute Gasteiger partial charge is 0.283 e. The molecule has 0 saturated heterocycles. The van der Waals surface area contributed by atoms with Gasteiger partial charge in [-0.1, -0.05) is 32.4 Å². The molecule has 1 rings (SSSR count). The minimum absolute atomic E-state index is 0.119. The van der Waals surface area contributed by atoms with Crippen molar-refractivity contribution >= 4 is 21.6 Å². The predicted molar refractivity (Wildman–Crippen MR) is 81.2 cm³/mol. The first-order valence-electron chi connectivity index (χ1n) is 6.60. The van der Waals surface area contributed by atoms with Gasteiger partial charge in [0.15, 0.2) is 0 Å². The molecular weight excluding hydrogens is 308 g/mol. The van der Waals surface area contributed by atoms with E-state index < -0.39 is 0 Å². The molecule has 0 heterocycles. The van der Waals surface area contributed by atoms with Crippen molar-refractivity contribution in [2.24, 2.45) is 5.92 Å². The fraction of sp³-hybridized carbons (Fsp3) is 0.571. The molecule has 0 fully saturated rings. The van der Waals surface area contributed by atoms with Crippen molar-refractivity contribution in [1.29, 1.82) is 0 Å². The Morgan fingerprint density at radius 2 is 2.11 bits per heavy atom. The molecule has 4 nitrogen and oxygen atoms in total. The number of nitro benzene ring substituents is 1. The molecular formula is C14H21BrN2O2. The van der Waals surface area contributed by atoms with Crippen LogP contribution in [0.25, 0.3) is 0 Å². The van der Waals surface area contributed by atoms with Crippen LogP contribution in [0.5, 0.6) is 0 Å². The fourth-order valence-corrected chi connectivity index (χ4v) is 2.53. The first-order chi connectivity index (χ1) is 8.95. The molecule has 1 N–H and O–H groups in total. The number of halogens is 1. The average Bonchev–Trinajstić information content (AvgIpc) is 2.37. The summed E-state index contributed by atoms with van der Waals surface area (Å²) in [6.07, 6.45) is 2.29. The number of nitrogens with zero attached hydrogens (tertiary/aromatic N) is 1. The molecule has 2 unspecified atom stereocenters. The molecule has 0 spiro atoms. The fourth-order valence-electron chi connectivity index (χ4n) is 1.98. The molecule has 0 aliphatic carbocycles. The average molecular weight is 329 g/mol. The summed E-state index contributed by atoms with van der Waals surface area (Å²) in [6, 6.07) is 5.54. The maximum absolute atomic E-state index is 10.9. The molecule has 0 aromatic heterocycles. The summed E-state index contributed by atoms with van der Waals surface area (Å²) in [7, 11) is 0. The topological polar surface area (TPSA) is 55.2 Å². The van der Waals surface area contributed by atoms with E-state index in [2.05, 4.69) is 42.0 Å². The van der Waals surface area contributed by atoms with Crippen molar-refractivity contribution in [2.75, 3.05) is 0 Å². The Labute approximate surface area is 122 Å². The van der Waals surface area contributed by atoms with Crippen molar-refractivity contribution in [1.82, 2.24) is 5.32 Å². The Hall–Kier alpha value is -0.940. The van der Waals surface area contributed by atoms with E-state index in [-0.39, 0.29) is 10.6 Å². The van der Waals surface area contributed by atoms with Gasteiger partial charge in [-0.05, 0) is 40.8 Å². The molecule has 0 aliphatic rings. The third-order valence-electron chi connectivity index (χ3n) is 3.35. The van der Waals surface area contributed by atoms with Crippen LogP contribution in [-0.4, -0.2) is 11.0 Å². The van der Waals surface area contributed by atoms with Crippen molar-refractivity contribution in [3.63, 3.8) is 0 Å². The third-order valence-corrected chi connectivity index (χ3v) is 4.26. The lowest BCUT2D eigenvalue weighted by Crippen LogP contribution is -2.27. The van der Waals surface area contributed by atoms with Gasteiger partial charge >= 0.3 is 0 Å². The minimum atomic E-state index is -0.365. The summed E-state index contributed by atoms with van der Waals surface area (Å²) < 4.78 is 0.572. The highest BCUT2D eigenvalue weighted by molar-refractivity contribution is 9.10. The SMILES string of the molecule is CCC(C)CC(C)NCc1cccc([N+](=O)[O-])c1Br. The lowest BCUT2D eigenvalue weighted by molar-refractivity contribution is -0.385. The van der Waals surface area contributed by atoms with Crippen LogP contribution in [-0.2, 0) is 6.54 Å². The van der Waals surface area contributed by atoms with E-state index in [1.807, 2.05) is 6.07 Å². The van der Waals surface area contributed by atoms with Gasteiger partial charge in [-0.2, -0.15) is 0 Å². The molecule has 0 saturated carbocycles. The van der Waals surface area contributed by atoms with Crippen LogP contribution in [0.1, 0.15) is 39.2 Å². The van der Waals surface area contributed by atoms with Gasteiger partial charge < -0.3 is 5.32 Å². The van der Waals surface area contributed by atoms with Crippen LogP contribution >= 0.6 is 15.9 Å². The molecule has 2 atom stereocenters. The summed E-state index contributed by atoms with van der Waals surface area (Å²) >= 11 is 3.31. The number of nitro groups is 1. The zero-order chi connectivity index (χ0) is 14.4. The largest absolute Gasteiger partial charge is 0.310 e. The molecule has 1 aromatic rings. The highest BCUT2D eigenvalue weighted by Gasteiger charge is 2.15. The van der Waals surface area contributed by atoms with Crippen molar-refractivity contribution in [3.05, 3.63) is 38.3 Å². The molecule has 0 amide bonds. The predicted octanol–water partition coefficient (Wildman–Crippen LogP) is 4.27. The molecule has 0 aliphatic heterocycles. The van der Waals surface area contributed by atoms with Crippen LogP contribution in [0.15, 0.2) is 22.7 Å². The Kier molecular flexibility index (Phi) is 6.45. The van der Waals surface area contributed by atoms with Crippen LogP contribution in [0.3, 0.4) is 0 Å². The van der Waals surface area contributed by atoms with Crippen LogP contribution in [0, 0.1) is 16.0 Å². The summed E-state index contributed by atoms with van der Waals surface area (Å²) in [5, 5.41) is 14.3. The van der Waals surface area contributed by atoms with E-state index in [9.17, 15) is 10.1 Å². The van der Waals surface area contributed by atoms with E-state index in [0.717, 1.165) is 12.0 Å². The summed E-state index contributed by atoms with van der Waals surface area (Å²) in [5.74, 6) is 0.691. The van der Waals surface area contributed by atoms with Gasteiger partial charge in [0.2, 0.25) is 0 Å². The van der Waals surface area contributed by atoms with Crippen LogP contribution in [0.2, 0.25) is 0 Å². The molecule has 19 heavy (non-hydrogen) atoms. The van der Waals surface area contributed by atoms with E-state index in [0.29, 0.717) is 23.0 Å². The summed E-state index contributed by atoms with van der Waals surface area (Å²) in [6.45, 7) is 7.22. The maximum Gasteiger partial charge on any atom is 0.283 e. The highest BCUT2D eigenvalue weighted by atomic mass is 79.9. The Morgan fingerprint density at radius 3 is 2.68 bits per heavy atom. The first kappa shape index (κ1) is 16.1. The van der Waals surface area contributed by atoms with Crippen molar-refractivity contribution < 1.29 is 4.92 Å². The van der Waals surface area contributed by atoms with Gasteiger partial charge in [0.25, 0.3) is 5.69 Å². The Balaban J connectivity index is 2.63. The third kappa shape index (κ3) is 4.91. The number of benzene rings is 1. The van der Waals surface area contributed by atoms with Gasteiger partial charge in [0, 0.05) is 18.7 Å². The zero-order valence-corrected chi connectivity index (χ0v) is 13.2. The minimum Gasteiger partial charge on any atom is -0.310 e. The Bertz CT molecular complexity index is 437. The normalized spacial score (nSPS) is 14.1. The lowest BCUT2D eigenvalue weighted by atomic mass is 10.0. The van der Waals surface area contributed by atoms with Gasteiger partial charge in [-0.25, -0.2) is 0 Å². The van der Waals surface area contributed by atoms with Gasteiger partial charge in [0.05, 0.1) is 9.40 Å². The number of hydrogen-bond acceptors (Lipinski definition) is 3. The van der Waals surface area contributed by atoms with Crippen molar-refractivity contribution in [2.45, 2.75) is 46.2 Å². The molecule has 0 radical (unpaired) electrons. The Morgan fingerprint density at radius 1 is 1.42 bits per heavy atom. The second kappa shape index (κ2) is 7.60. The standard InChI is InChI=1S/C14H21BrN2O2/c1-4-10(2)8-11(3)16-9-12-6-5-7-13(14(12)15)17(18)19/h5-7,10-11,16H,4,8-9H2,1-3H3. The summed E-state index contributed by atoms with van der Waals surface area (Å²) in [5.41, 5.74) is 1.04. The monoisotopic (exact) mass is 328 g/mol. The lowest BCUT2D eigenvalue weighted by Gasteiger charge is -2.18. The second-order valence-corrected chi connectivity index (χ2v) is 5.83. The van der Waals surface area contributed by atoms with Gasteiger partial charge in [-0.15, -0.1) is 0 Å². The highest BCUT2D eigenvalue weighted by Crippen LogP contribution is 2.28. The van der Waals surface area contributed by atoms with Crippen LogP contribution in [0.4, 0.5) is 5.69 Å². The van der Waals surface area contributed by atoms with E-state index in [4.69, 9.17) is 0 Å². The maximum atomic E-state index is 10.9. The van der Waals surface area contributed by atoms with E-state index >= 15 is 0 Å². The van der Waals surface area contributed by atoms with E-state index in [1.165, 1.54) is 12.5 Å². The first-order valence-corrected chi connectivity index (χ1v) is 7.40. The number of rotatable bonds is 7. The molecule has 0 bridgehead atoms. The quantitative estimate of drug-likeness (QED) is 0.600. The van der Waals surface area contributed by atoms with Gasteiger partial charge in [0.1, 0.15) is 0 Å². The molecule has 5 heteroatoms. The molecule has 1 aromatic carbocycles. The second-order valence-electron chi connectivity index (χ2n) is 5.04. The van der Waals surface area contributed by atoms with Gasteiger partial charge in [-0.3, -0.25) is 10.1 Å².